The predicted octanol–water partition coefficient (Wildman–Crippen LogP) is 3.10. The van der Waals surface area contributed by atoms with E-state index >= 15 is 0 Å². The third kappa shape index (κ3) is 5.55. The van der Waals surface area contributed by atoms with Crippen molar-refractivity contribution in [3.63, 3.8) is 0 Å². The van der Waals surface area contributed by atoms with Crippen LogP contribution in [0.5, 0.6) is 0 Å². The van der Waals surface area contributed by atoms with Crippen LogP contribution in [0.25, 0.3) is 11.4 Å². The summed E-state index contributed by atoms with van der Waals surface area (Å²) in [6.07, 6.45) is 2.54. The Morgan fingerprint density at radius 1 is 1.09 bits per heavy atom. The number of hydrogen-bond donors (Lipinski definition) is 2. The molecule has 0 saturated carbocycles. The van der Waals surface area contributed by atoms with E-state index in [4.69, 9.17) is 0 Å². The molecule has 3 aromatic rings. The van der Waals surface area contributed by atoms with Crippen molar-refractivity contribution in [1.29, 1.82) is 0 Å². The normalized spacial score (nSPS) is 14.3. The van der Waals surface area contributed by atoms with Gasteiger partial charge in [0.15, 0.2) is 0 Å². The molecular weight excluding hydrogens is 440 g/mol. The first-order valence-corrected chi connectivity index (χ1v) is 12.3. The van der Waals surface area contributed by atoms with Gasteiger partial charge >= 0.3 is 0 Å². The van der Waals surface area contributed by atoms with Crippen molar-refractivity contribution in [2.24, 2.45) is 0 Å². The van der Waals surface area contributed by atoms with Crippen molar-refractivity contribution < 1.29 is 13.2 Å². The van der Waals surface area contributed by atoms with Crippen LogP contribution in [0.2, 0.25) is 0 Å². The van der Waals surface area contributed by atoms with Crippen molar-refractivity contribution in [2.75, 3.05) is 18.4 Å². The van der Waals surface area contributed by atoms with Crippen LogP contribution < -0.4 is 10.9 Å². The molecule has 0 aliphatic carbocycles. The lowest BCUT2D eigenvalue weighted by atomic mass is 10.1. The molecule has 1 aliphatic heterocycles. The highest BCUT2D eigenvalue weighted by Crippen LogP contribution is 2.22. The maximum Gasteiger partial charge on any atom is 0.251 e. The summed E-state index contributed by atoms with van der Waals surface area (Å²) < 4.78 is 26.8. The summed E-state index contributed by atoms with van der Waals surface area (Å²) in [5.74, 6) is 0.284. The monoisotopic (exact) mass is 466 g/mol. The fourth-order valence-electron chi connectivity index (χ4n) is 3.85. The summed E-state index contributed by atoms with van der Waals surface area (Å²) in [7, 11) is -3.43. The van der Waals surface area contributed by atoms with E-state index in [1.54, 1.807) is 49.4 Å². The maximum absolute atomic E-state index is 12.6. The van der Waals surface area contributed by atoms with Crippen LogP contribution in [0, 0.1) is 6.92 Å². The molecule has 0 atom stereocenters. The van der Waals surface area contributed by atoms with Gasteiger partial charge in [0.25, 0.3) is 5.56 Å². The van der Waals surface area contributed by atoms with Gasteiger partial charge in [-0.2, -0.15) is 4.31 Å². The number of aromatic nitrogens is 2. The van der Waals surface area contributed by atoms with Crippen molar-refractivity contribution in [1.82, 2.24) is 14.3 Å². The SMILES string of the molecule is Cc1cc(=O)[nH]c(-c2cccc(NC(=O)CCc3ccc(S(=O)(=O)N4CCCC4)cc3)c2)n1. The molecule has 4 rings (SSSR count). The predicted molar refractivity (Wildman–Crippen MR) is 126 cm³/mol. The highest BCUT2D eigenvalue weighted by atomic mass is 32.2. The number of benzene rings is 2. The average molecular weight is 467 g/mol. The fourth-order valence-corrected chi connectivity index (χ4v) is 5.36. The molecule has 9 heteroatoms. The quantitative estimate of drug-likeness (QED) is 0.556. The molecule has 0 bridgehead atoms. The van der Waals surface area contributed by atoms with Crippen LogP contribution in [0.4, 0.5) is 5.69 Å². The lowest BCUT2D eigenvalue weighted by Gasteiger charge is -2.15. The van der Waals surface area contributed by atoms with E-state index in [9.17, 15) is 18.0 Å². The number of rotatable bonds is 7. The molecule has 1 saturated heterocycles. The van der Waals surface area contributed by atoms with Gasteiger partial charge in [-0.15, -0.1) is 0 Å². The summed E-state index contributed by atoms with van der Waals surface area (Å²) >= 11 is 0. The first-order chi connectivity index (χ1) is 15.8. The number of aromatic amines is 1. The molecule has 0 spiro atoms. The van der Waals surface area contributed by atoms with Crippen LogP contribution in [-0.2, 0) is 21.2 Å². The molecule has 172 valence electrons. The number of hydrogen-bond acceptors (Lipinski definition) is 5. The van der Waals surface area contributed by atoms with Crippen LogP contribution in [0.1, 0.15) is 30.5 Å². The zero-order chi connectivity index (χ0) is 23.4. The zero-order valence-corrected chi connectivity index (χ0v) is 19.2. The van der Waals surface area contributed by atoms with E-state index in [2.05, 4.69) is 15.3 Å². The van der Waals surface area contributed by atoms with Gasteiger partial charge in [-0.05, 0) is 56.0 Å². The van der Waals surface area contributed by atoms with E-state index in [0.717, 1.165) is 18.4 Å². The minimum Gasteiger partial charge on any atom is -0.326 e. The average Bonchev–Trinajstić information content (AvgIpc) is 3.34. The summed E-state index contributed by atoms with van der Waals surface area (Å²) in [5, 5.41) is 2.86. The second kappa shape index (κ2) is 9.68. The summed E-state index contributed by atoms with van der Waals surface area (Å²) in [6.45, 7) is 2.89. The van der Waals surface area contributed by atoms with E-state index < -0.39 is 10.0 Å². The molecular formula is C24H26N4O4S. The van der Waals surface area contributed by atoms with Crippen molar-refractivity contribution in [3.05, 3.63) is 76.2 Å². The van der Waals surface area contributed by atoms with Gasteiger partial charge in [0.2, 0.25) is 15.9 Å². The molecule has 8 nitrogen and oxygen atoms in total. The van der Waals surface area contributed by atoms with Crippen molar-refractivity contribution in [2.45, 2.75) is 37.5 Å². The van der Waals surface area contributed by atoms with Gasteiger partial charge in [-0.1, -0.05) is 24.3 Å². The van der Waals surface area contributed by atoms with E-state index in [-0.39, 0.29) is 22.8 Å². The minimum atomic E-state index is -3.43. The minimum absolute atomic E-state index is 0.161. The standard InChI is InChI=1S/C24H26N4O4S/c1-17-15-23(30)27-24(25-17)19-5-4-6-20(16-19)26-22(29)12-9-18-7-10-21(11-8-18)33(31,32)28-13-2-3-14-28/h4-8,10-11,15-16H,2-3,9,12-14H2,1H3,(H,26,29)(H,25,27,30). The summed E-state index contributed by atoms with van der Waals surface area (Å²) in [6, 6.07) is 15.3. The molecule has 0 unspecified atom stereocenters. The Labute approximate surface area is 192 Å². The van der Waals surface area contributed by atoms with Crippen LogP contribution in [-0.4, -0.2) is 41.7 Å². The number of carbonyl (C=O) groups is 1. The topological polar surface area (TPSA) is 112 Å². The summed E-state index contributed by atoms with van der Waals surface area (Å²) in [4.78, 5) is 31.5. The molecule has 1 aliphatic rings. The Kier molecular flexibility index (Phi) is 6.71. The largest absolute Gasteiger partial charge is 0.326 e. The number of nitrogens with one attached hydrogen (secondary N) is 2. The number of amides is 1. The molecule has 0 radical (unpaired) electrons. The zero-order valence-electron chi connectivity index (χ0n) is 18.4. The third-order valence-electron chi connectivity index (χ3n) is 5.56. The van der Waals surface area contributed by atoms with Crippen molar-refractivity contribution >= 4 is 21.6 Å². The van der Waals surface area contributed by atoms with Crippen LogP contribution in [0.15, 0.2) is 64.3 Å². The molecule has 1 amide bonds. The fraction of sp³-hybridized carbons (Fsp3) is 0.292. The van der Waals surface area contributed by atoms with Gasteiger partial charge < -0.3 is 10.3 Å². The molecule has 2 aromatic carbocycles. The summed E-state index contributed by atoms with van der Waals surface area (Å²) in [5.41, 5.74) is 2.58. The highest BCUT2D eigenvalue weighted by molar-refractivity contribution is 7.89. The Bertz CT molecular complexity index is 1310. The van der Waals surface area contributed by atoms with Crippen LogP contribution in [0.3, 0.4) is 0 Å². The Morgan fingerprint density at radius 2 is 1.82 bits per heavy atom. The van der Waals surface area contributed by atoms with E-state index in [1.807, 2.05) is 6.07 Å². The molecule has 2 heterocycles. The Hall–Kier alpha value is -3.30. The first kappa shape index (κ1) is 22.9. The van der Waals surface area contributed by atoms with E-state index in [0.29, 0.717) is 42.3 Å². The van der Waals surface area contributed by atoms with Gasteiger partial charge in [0.05, 0.1) is 4.90 Å². The number of H-pyrrole nitrogens is 1. The lowest BCUT2D eigenvalue weighted by Crippen LogP contribution is -2.27. The van der Waals surface area contributed by atoms with E-state index in [1.165, 1.54) is 10.4 Å². The number of carbonyl (C=O) groups excluding carboxylic acids is 1. The Morgan fingerprint density at radius 3 is 2.52 bits per heavy atom. The maximum atomic E-state index is 12.6. The molecule has 33 heavy (non-hydrogen) atoms. The molecule has 1 fully saturated rings. The molecule has 1 aromatic heterocycles. The lowest BCUT2D eigenvalue weighted by molar-refractivity contribution is -0.116. The highest BCUT2D eigenvalue weighted by Gasteiger charge is 2.26. The number of sulfonamides is 1. The van der Waals surface area contributed by atoms with Gasteiger partial charge in [0.1, 0.15) is 5.82 Å². The van der Waals surface area contributed by atoms with Gasteiger partial charge in [-0.25, -0.2) is 13.4 Å². The van der Waals surface area contributed by atoms with Gasteiger partial charge in [-0.3, -0.25) is 9.59 Å². The smallest absolute Gasteiger partial charge is 0.251 e. The number of aryl methyl sites for hydroxylation is 2. The van der Waals surface area contributed by atoms with Crippen molar-refractivity contribution in [3.8, 4) is 11.4 Å². The number of anilines is 1. The van der Waals surface area contributed by atoms with Gasteiger partial charge in [0, 0.05) is 42.5 Å². The second-order valence-corrected chi connectivity index (χ2v) is 10.1. The second-order valence-electron chi connectivity index (χ2n) is 8.12. The number of nitrogens with zero attached hydrogens (tertiary/aromatic N) is 2. The third-order valence-corrected chi connectivity index (χ3v) is 7.47. The Balaban J connectivity index is 1.36. The van der Waals surface area contributed by atoms with Crippen LogP contribution >= 0.6 is 0 Å². The first-order valence-electron chi connectivity index (χ1n) is 10.9. The molecule has 2 N–H and O–H groups in total.